The van der Waals surface area contributed by atoms with Gasteiger partial charge in [0.25, 0.3) is 0 Å². The monoisotopic (exact) mass is 232 g/mol. The first-order valence-corrected chi connectivity index (χ1v) is 6.68. The smallest absolute Gasteiger partial charge is 0.0170 e. The molecule has 1 aromatic carbocycles. The lowest BCUT2D eigenvalue weighted by Gasteiger charge is -2.36. The molecule has 0 radical (unpaired) electrons. The average Bonchev–Trinajstić information content (AvgIpc) is 2.28. The van der Waals surface area contributed by atoms with Gasteiger partial charge in [0.05, 0.1) is 0 Å². The molecular formula is C15H24N2. The molecule has 94 valence electrons. The van der Waals surface area contributed by atoms with Gasteiger partial charge in [0.1, 0.15) is 0 Å². The van der Waals surface area contributed by atoms with Crippen molar-refractivity contribution in [2.24, 2.45) is 11.7 Å². The highest BCUT2D eigenvalue weighted by atomic mass is 15.1. The van der Waals surface area contributed by atoms with E-state index in [-0.39, 0.29) is 0 Å². The zero-order valence-corrected chi connectivity index (χ0v) is 11.0. The normalized spacial score (nSPS) is 27.9. The highest BCUT2D eigenvalue weighted by molar-refractivity contribution is 5.19. The number of rotatable bonds is 3. The Morgan fingerprint density at radius 3 is 2.65 bits per heavy atom. The summed E-state index contributed by atoms with van der Waals surface area (Å²) < 4.78 is 0. The van der Waals surface area contributed by atoms with Crippen molar-refractivity contribution in [1.29, 1.82) is 0 Å². The summed E-state index contributed by atoms with van der Waals surface area (Å²) in [6.45, 7) is 7.99. The Hall–Kier alpha value is -0.860. The molecule has 0 aliphatic carbocycles. The minimum atomic E-state index is 0.363. The molecule has 0 bridgehead atoms. The molecule has 17 heavy (non-hydrogen) atoms. The molecule has 1 saturated heterocycles. The third-order valence-electron chi connectivity index (χ3n) is 3.67. The SMILES string of the molecule is CC1CC(N)CN(CC(C)c2ccccc2)C1. The van der Waals surface area contributed by atoms with Crippen LogP contribution < -0.4 is 5.73 Å². The van der Waals surface area contributed by atoms with E-state index < -0.39 is 0 Å². The summed E-state index contributed by atoms with van der Waals surface area (Å²) in [6, 6.07) is 11.1. The fourth-order valence-corrected chi connectivity index (χ4v) is 2.94. The maximum atomic E-state index is 6.09. The standard InChI is InChI=1S/C15H24N2/c1-12-8-15(16)11-17(9-12)10-13(2)14-6-4-3-5-7-14/h3-7,12-13,15H,8-11,16H2,1-2H3. The summed E-state index contributed by atoms with van der Waals surface area (Å²) in [5.41, 5.74) is 7.52. The van der Waals surface area contributed by atoms with Crippen LogP contribution in [0.5, 0.6) is 0 Å². The lowest BCUT2D eigenvalue weighted by molar-refractivity contribution is 0.159. The maximum absolute atomic E-state index is 6.09. The van der Waals surface area contributed by atoms with Crippen LogP contribution in [0.2, 0.25) is 0 Å². The second kappa shape index (κ2) is 5.65. The topological polar surface area (TPSA) is 29.3 Å². The summed E-state index contributed by atoms with van der Waals surface area (Å²) in [5.74, 6) is 1.33. The van der Waals surface area contributed by atoms with Gasteiger partial charge in [0.2, 0.25) is 0 Å². The van der Waals surface area contributed by atoms with Gasteiger partial charge in [0, 0.05) is 25.7 Å². The van der Waals surface area contributed by atoms with Crippen LogP contribution in [0.4, 0.5) is 0 Å². The molecule has 2 rings (SSSR count). The van der Waals surface area contributed by atoms with Gasteiger partial charge in [-0.3, -0.25) is 0 Å². The molecule has 1 aliphatic rings. The molecule has 0 spiro atoms. The van der Waals surface area contributed by atoms with Crippen LogP contribution in [-0.4, -0.2) is 30.6 Å². The number of hydrogen-bond donors (Lipinski definition) is 1. The minimum Gasteiger partial charge on any atom is -0.327 e. The molecule has 1 fully saturated rings. The van der Waals surface area contributed by atoms with Crippen molar-refractivity contribution in [3.63, 3.8) is 0 Å². The van der Waals surface area contributed by atoms with E-state index in [0.717, 1.165) is 19.0 Å². The number of likely N-dealkylation sites (tertiary alicyclic amines) is 1. The molecule has 2 nitrogen and oxygen atoms in total. The molecular weight excluding hydrogens is 208 g/mol. The lowest BCUT2D eigenvalue weighted by Crippen LogP contribution is -2.47. The Morgan fingerprint density at radius 1 is 1.29 bits per heavy atom. The van der Waals surface area contributed by atoms with Crippen LogP contribution in [0, 0.1) is 5.92 Å². The first-order chi connectivity index (χ1) is 8.15. The van der Waals surface area contributed by atoms with Crippen molar-refractivity contribution in [3.05, 3.63) is 35.9 Å². The van der Waals surface area contributed by atoms with Gasteiger partial charge < -0.3 is 10.6 Å². The predicted octanol–water partition coefficient (Wildman–Crippen LogP) is 2.46. The molecule has 2 heteroatoms. The van der Waals surface area contributed by atoms with E-state index in [1.54, 1.807) is 0 Å². The first-order valence-electron chi connectivity index (χ1n) is 6.68. The van der Waals surface area contributed by atoms with E-state index in [4.69, 9.17) is 5.73 Å². The lowest BCUT2D eigenvalue weighted by atomic mass is 9.94. The third-order valence-corrected chi connectivity index (χ3v) is 3.67. The third kappa shape index (κ3) is 3.55. The Kier molecular flexibility index (Phi) is 4.19. The number of nitrogens with zero attached hydrogens (tertiary/aromatic N) is 1. The van der Waals surface area contributed by atoms with Crippen molar-refractivity contribution in [2.45, 2.75) is 32.2 Å². The number of nitrogens with two attached hydrogens (primary N) is 1. The summed E-state index contributed by atoms with van der Waals surface area (Å²) in [7, 11) is 0. The van der Waals surface area contributed by atoms with Gasteiger partial charge in [0.15, 0.2) is 0 Å². The molecule has 0 amide bonds. The molecule has 1 aliphatic heterocycles. The highest BCUT2D eigenvalue weighted by Gasteiger charge is 2.23. The number of hydrogen-bond acceptors (Lipinski definition) is 2. The highest BCUT2D eigenvalue weighted by Crippen LogP contribution is 2.20. The predicted molar refractivity (Wildman–Crippen MR) is 73.1 cm³/mol. The van der Waals surface area contributed by atoms with Crippen molar-refractivity contribution in [1.82, 2.24) is 4.90 Å². The largest absolute Gasteiger partial charge is 0.327 e. The van der Waals surface area contributed by atoms with Gasteiger partial charge in [-0.1, -0.05) is 44.2 Å². The molecule has 1 aromatic rings. The Labute approximate surface area is 105 Å². The van der Waals surface area contributed by atoms with Crippen molar-refractivity contribution in [3.8, 4) is 0 Å². The van der Waals surface area contributed by atoms with Crippen LogP contribution in [0.3, 0.4) is 0 Å². The first kappa shape index (κ1) is 12.6. The van der Waals surface area contributed by atoms with Gasteiger partial charge in [-0.2, -0.15) is 0 Å². The number of piperidine rings is 1. The zero-order chi connectivity index (χ0) is 12.3. The maximum Gasteiger partial charge on any atom is 0.0170 e. The molecule has 0 aromatic heterocycles. The Balaban J connectivity index is 1.92. The fourth-order valence-electron chi connectivity index (χ4n) is 2.94. The van der Waals surface area contributed by atoms with E-state index in [1.165, 1.54) is 18.5 Å². The summed E-state index contributed by atoms with van der Waals surface area (Å²) in [4.78, 5) is 2.52. The van der Waals surface area contributed by atoms with Gasteiger partial charge in [-0.15, -0.1) is 0 Å². The van der Waals surface area contributed by atoms with Gasteiger partial charge in [-0.25, -0.2) is 0 Å². The minimum absolute atomic E-state index is 0.363. The van der Waals surface area contributed by atoms with Gasteiger partial charge >= 0.3 is 0 Å². The van der Waals surface area contributed by atoms with Crippen molar-refractivity contribution in [2.75, 3.05) is 19.6 Å². The Morgan fingerprint density at radius 2 is 2.00 bits per heavy atom. The van der Waals surface area contributed by atoms with E-state index in [1.807, 2.05) is 0 Å². The van der Waals surface area contributed by atoms with E-state index in [9.17, 15) is 0 Å². The van der Waals surface area contributed by atoms with E-state index in [0.29, 0.717) is 12.0 Å². The van der Waals surface area contributed by atoms with Crippen LogP contribution in [0.15, 0.2) is 30.3 Å². The van der Waals surface area contributed by atoms with Crippen LogP contribution in [0.1, 0.15) is 31.7 Å². The van der Waals surface area contributed by atoms with E-state index >= 15 is 0 Å². The van der Waals surface area contributed by atoms with Crippen molar-refractivity contribution >= 4 is 0 Å². The summed E-state index contributed by atoms with van der Waals surface area (Å²) >= 11 is 0. The average molecular weight is 232 g/mol. The number of benzene rings is 1. The van der Waals surface area contributed by atoms with E-state index in [2.05, 4.69) is 49.1 Å². The Bertz CT molecular complexity index is 326. The molecule has 3 atom stereocenters. The second-order valence-corrected chi connectivity index (χ2v) is 5.63. The summed E-state index contributed by atoms with van der Waals surface area (Å²) in [6.07, 6.45) is 1.18. The second-order valence-electron chi connectivity index (χ2n) is 5.63. The molecule has 1 heterocycles. The molecule has 2 N–H and O–H groups in total. The zero-order valence-electron chi connectivity index (χ0n) is 11.0. The van der Waals surface area contributed by atoms with Crippen LogP contribution in [0.25, 0.3) is 0 Å². The quantitative estimate of drug-likeness (QED) is 0.867. The van der Waals surface area contributed by atoms with Crippen LogP contribution in [-0.2, 0) is 0 Å². The summed E-state index contributed by atoms with van der Waals surface area (Å²) in [5, 5.41) is 0. The fraction of sp³-hybridized carbons (Fsp3) is 0.600. The molecule has 0 saturated carbocycles. The van der Waals surface area contributed by atoms with Crippen molar-refractivity contribution < 1.29 is 0 Å². The van der Waals surface area contributed by atoms with Gasteiger partial charge in [-0.05, 0) is 23.8 Å². The molecule has 3 unspecified atom stereocenters. The van der Waals surface area contributed by atoms with Crippen LogP contribution >= 0.6 is 0 Å².